The van der Waals surface area contributed by atoms with Gasteiger partial charge < -0.3 is 5.32 Å². The van der Waals surface area contributed by atoms with E-state index < -0.39 is 0 Å². The van der Waals surface area contributed by atoms with E-state index in [-0.39, 0.29) is 0 Å². The van der Waals surface area contributed by atoms with Gasteiger partial charge in [0.25, 0.3) is 0 Å². The molecule has 21 heavy (non-hydrogen) atoms. The molecule has 0 amide bonds. The zero-order valence-electron chi connectivity index (χ0n) is 13.8. The van der Waals surface area contributed by atoms with Gasteiger partial charge in [-0.2, -0.15) is 10.2 Å². The summed E-state index contributed by atoms with van der Waals surface area (Å²) in [6.45, 7) is 7.41. The molecule has 1 unspecified atom stereocenters. The summed E-state index contributed by atoms with van der Waals surface area (Å²) in [5.74, 6) is 0. The van der Waals surface area contributed by atoms with Crippen molar-refractivity contribution in [1.29, 1.82) is 0 Å². The van der Waals surface area contributed by atoms with Gasteiger partial charge in [-0.1, -0.05) is 13.8 Å². The number of aryl methyl sites for hydroxylation is 4. The van der Waals surface area contributed by atoms with Crippen molar-refractivity contribution in [2.24, 2.45) is 14.1 Å². The molecule has 116 valence electrons. The number of rotatable bonds is 7. The summed E-state index contributed by atoms with van der Waals surface area (Å²) >= 11 is 0. The largest absolute Gasteiger partial charge is 0.309 e. The van der Waals surface area contributed by atoms with Crippen LogP contribution in [0, 0.1) is 6.92 Å². The molecule has 0 saturated carbocycles. The Labute approximate surface area is 127 Å². The second-order valence-corrected chi connectivity index (χ2v) is 5.67. The monoisotopic (exact) mass is 289 g/mol. The molecule has 0 spiro atoms. The first-order valence-corrected chi connectivity index (χ1v) is 7.80. The Bertz CT molecular complexity index is 582. The first-order valence-electron chi connectivity index (χ1n) is 7.80. The highest BCUT2D eigenvalue weighted by molar-refractivity contribution is 5.24. The smallest absolute Gasteiger partial charge is 0.0669 e. The summed E-state index contributed by atoms with van der Waals surface area (Å²) in [5.41, 5.74) is 4.83. The van der Waals surface area contributed by atoms with Crippen LogP contribution in [0.3, 0.4) is 0 Å². The van der Waals surface area contributed by atoms with Gasteiger partial charge in [-0.15, -0.1) is 0 Å². The third-order valence-electron chi connectivity index (χ3n) is 3.80. The fourth-order valence-electron chi connectivity index (χ4n) is 2.79. The standard InChI is InChI=1S/C16H27N5/c1-6-8-17-16(10-13-9-12(3)18-21(13)5)14-11-20(4)19-15(14)7-2/h9,11,16-17H,6-8,10H2,1-5H3. The van der Waals surface area contributed by atoms with E-state index in [0.717, 1.165) is 31.5 Å². The summed E-state index contributed by atoms with van der Waals surface area (Å²) < 4.78 is 3.90. The summed E-state index contributed by atoms with van der Waals surface area (Å²) in [5, 5.41) is 12.7. The first-order chi connectivity index (χ1) is 10.0. The van der Waals surface area contributed by atoms with Crippen molar-refractivity contribution < 1.29 is 0 Å². The maximum Gasteiger partial charge on any atom is 0.0669 e. The Morgan fingerprint density at radius 1 is 1.24 bits per heavy atom. The molecule has 0 aromatic carbocycles. The molecule has 0 fully saturated rings. The van der Waals surface area contributed by atoms with Crippen molar-refractivity contribution in [2.75, 3.05) is 6.54 Å². The lowest BCUT2D eigenvalue weighted by atomic mass is 10.0. The van der Waals surface area contributed by atoms with Gasteiger partial charge >= 0.3 is 0 Å². The van der Waals surface area contributed by atoms with Gasteiger partial charge in [0.2, 0.25) is 0 Å². The molecule has 1 N–H and O–H groups in total. The van der Waals surface area contributed by atoms with E-state index in [1.54, 1.807) is 0 Å². The molecule has 0 bridgehead atoms. The molecule has 0 aliphatic heterocycles. The van der Waals surface area contributed by atoms with E-state index in [9.17, 15) is 0 Å². The molecule has 2 aromatic heterocycles. The van der Waals surface area contributed by atoms with Crippen LogP contribution in [0.2, 0.25) is 0 Å². The summed E-state index contributed by atoms with van der Waals surface area (Å²) in [7, 11) is 4.01. The van der Waals surface area contributed by atoms with Crippen molar-refractivity contribution in [2.45, 2.75) is 46.1 Å². The van der Waals surface area contributed by atoms with Crippen molar-refractivity contribution in [3.63, 3.8) is 0 Å². The zero-order valence-corrected chi connectivity index (χ0v) is 13.8. The molecule has 0 radical (unpaired) electrons. The predicted octanol–water partition coefficient (Wildman–Crippen LogP) is 2.31. The average molecular weight is 289 g/mol. The van der Waals surface area contributed by atoms with Gasteiger partial charge in [0.1, 0.15) is 0 Å². The van der Waals surface area contributed by atoms with Crippen LogP contribution >= 0.6 is 0 Å². The quantitative estimate of drug-likeness (QED) is 0.851. The topological polar surface area (TPSA) is 47.7 Å². The lowest BCUT2D eigenvalue weighted by molar-refractivity contribution is 0.509. The third kappa shape index (κ3) is 3.73. The summed E-state index contributed by atoms with van der Waals surface area (Å²) in [6, 6.07) is 2.46. The normalized spacial score (nSPS) is 12.8. The van der Waals surface area contributed by atoms with E-state index in [2.05, 4.69) is 41.6 Å². The Morgan fingerprint density at radius 3 is 2.57 bits per heavy atom. The third-order valence-corrected chi connectivity index (χ3v) is 3.80. The summed E-state index contributed by atoms with van der Waals surface area (Å²) in [4.78, 5) is 0. The minimum Gasteiger partial charge on any atom is -0.309 e. The van der Waals surface area contributed by atoms with Gasteiger partial charge in [0, 0.05) is 44.0 Å². The molecule has 5 heteroatoms. The van der Waals surface area contributed by atoms with Crippen LogP contribution in [-0.4, -0.2) is 26.1 Å². The van der Waals surface area contributed by atoms with Crippen LogP contribution in [0.4, 0.5) is 0 Å². The van der Waals surface area contributed by atoms with Crippen LogP contribution in [0.1, 0.15) is 49.0 Å². The van der Waals surface area contributed by atoms with E-state index in [1.165, 1.54) is 17.0 Å². The molecule has 0 aliphatic carbocycles. The number of nitrogens with one attached hydrogen (secondary N) is 1. The fourth-order valence-corrected chi connectivity index (χ4v) is 2.79. The van der Waals surface area contributed by atoms with Crippen LogP contribution in [0.5, 0.6) is 0 Å². The van der Waals surface area contributed by atoms with Gasteiger partial charge in [-0.05, 0) is 32.4 Å². The lowest BCUT2D eigenvalue weighted by Crippen LogP contribution is -2.25. The van der Waals surface area contributed by atoms with E-state index >= 15 is 0 Å². The average Bonchev–Trinajstić information content (AvgIpc) is 2.97. The molecular formula is C16H27N5. The SMILES string of the molecule is CCCNC(Cc1cc(C)nn1C)c1cn(C)nc1CC. The maximum absolute atomic E-state index is 4.58. The minimum absolute atomic E-state index is 0.295. The van der Waals surface area contributed by atoms with Crippen LogP contribution in [0.25, 0.3) is 0 Å². The van der Waals surface area contributed by atoms with Crippen molar-refractivity contribution in [1.82, 2.24) is 24.9 Å². The zero-order chi connectivity index (χ0) is 15.4. The molecule has 0 saturated heterocycles. The van der Waals surface area contributed by atoms with Crippen LogP contribution in [0.15, 0.2) is 12.3 Å². The predicted molar refractivity (Wildman–Crippen MR) is 85.3 cm³/mol. The Morgan fingerprint density at radius 2 is 2.00 bits per heavy atom. The molecule has 2 rings (SSSR count). The van der Waals surface area contributed by atoms with E-state index in [4.69, 9.17) is 0 Å². The fraction of sp³-hybridized carbons (Fsp3) is 0.625. The molecule has 1 atom stereocenters. The van der Waals surface area contributed by atoms with Crippen LogP contribution < -0.4 is 5.32 Å². The van der Waals surface area contributed by atoms with Gasteiger partial charge in [0.05, 0.1) is 11.4 Å². The number of nitrogens with zero attached hydrogens (tertiary/aromatic N) is 4. The van der Waals surface area contributed by atoms with Crippen molar-refractivity contribution >= 4 is 0 Å². The number of hydrogen-bond acceptors (Lipinski definition) is 3. The highest BCUT2D eigenvalue weighted by atomic mass is 15.3. The van der Waals surface area contributed by atoms with Crippen molar-refractivity contribution in [3.05, 3.63) is 34.9 Å². The molecule has 2 heterocycles. The van der Waals surface area contributed by atoms with Crippen molar-refractivity contribution in [3.8, 4) is 0 Å². The van der Waals surface area contributed by atoms with Gasteiger partial charge in [0.15, 0.2) is 0 Å². The van der Waals surface area contributed by atoms with Gasteiger partial charge in [-0.3, -0.25) is 9.36 Å². The van der Waals surface area contributed by atoms with Gasteiger partial charge in [-0.25, -0.2) is 0 Å². The minimum atomic E-state index is 0.295. The summed E-state index contributed by atoms with van der Waals surface area (Å²) in [6.07, 6.45) is 5.18. The number of aromatic nitrogens is 4. The maximum atomic E-state index is 4.58. The van der Waals surface area contributed by atoms with E-state index in [1.807, 2.05) is 30.4 Å². The second-order valence-electron chi connectivity index (χ2n) is 5.67. The second kappa shape index (κ2) is 6.89. The first kappa shape index (κ1) is 15.8. The molecular weight excluding hydrogens is 262 g/mol. The van der Waals surface area contributed by atoms with Crippen LogP contribution in [-0.2, 0) is 26.9 Å². The Kier molecular flexibility index (Phi) is 5.17. The highest BCUT2D eigenvalue weighted by Gasteiger charge is 2.19. The molecule has 5 nitrogen and oxygen atoms in total. The molecule has 0 aliphatic rings. The lowest BCUT2D eigenvalue weighted by Gasteiger charge is -2.18. The highest BCUT2D eigenvalue weighted by Crippen LogP contribution is 2.22. The molecule has 2 aromatic rings. The Balaban J connectivity index is 2.27. The van der Waals surface area contributed by atoms with E-state index in [0.29, 0.717) is 6.04 Å². The Hall–Kier alpha value is -1.62. The number of hydrogen-bond donors (Lipinski definition) is 1.